The van der Waals surface area contributed by atoms with Crippen LogP contribution in [0.3, 0.4) is 0 Å². The minimum absolute atomic E-state index is 0.0381. The van der Waals surface area contributed by atoms with Crippen molar-refractivity contribution in [1.82, 2.24) is 9.03 Å². The van der Waals surface area contributed by atoms with Gasteiger partial charge in [0.2, 0.25) is 0 Å². The van der Waals surface area contributed by atoms with E-state index in [2.05, 4.69) is 16.0 Å². The molecule has 3 nitrogen and oxygen atoms in total. The monoisotopic (exact) mass is 160 g/mol. The van der Waals surface area contributed by atoms with Gasteiger partial charge in [0, 0.05) is 18.2 Å². The van der Waals surface area contributed by atoms with Gasteiger partial charge in [-0.1, -0.05) is 0 Å². The molecule has 1 N–H and O–H groups in total. The largest absolute Gasteiger partial charge is 0.302 e. The van der Waals surface area contributed by atoms with E-state index < -0.39 is 0 Å². The van der Waals surface area contributed by atoms with E-state index in [4.69, 9.17) is 0 Å². The molecular formula is C6H12N2OS. The first kappa shape index (κ1) is 8.04. The number of hydrogen-bond acceptors (Lipinski definition) is 4. The van der Waals surface area contributed by atoms with Gasteiger partial charge in [0.05, 0.1) is 6.04 Å². The third kappa shape index (κ3) is 1.71. The van der Waals surface area contributed by atoms with E-state index >= 15 is 0 Å². The first-order valence-corrected chi connectivity index (χ1v) is 4.12. The van der Waals surface area contributed by atoms with Crippen LogP contribution in [-0.2, 0) is 4.79 Å². The molecule has 4 heteroatoms. The molecule has 2 atom stereocenters. The van der Waals surface area contributed by atoms with Crippen molar-refractivity contribution in [3.8, 4) is 0 Å². The molecule has 0 aromatic carbocycles. The number of carbonyl (C=O) groups is 1. The zero-order chi connectivity index (χ0) is 7.56. The summed E-state index contributed by atoms with van der Waals surface area (Å²) in [5.41, 5.74) is 0. The Labute approximate surface area is 65.4 Å². The Kier molecular flexibility index (Phi) is 2.71. The quantitative estimate of drug-likeness (QED) is 0.445. The van der Waals surface area contributed by atoms with Gasteiger partial charge in [0.15, 0.2) is 0 Å². The molecule has 0 bridgehead atoms. The van der Waals surface area contributed by atoms with Crippen molar-refractivity contribution in [3.05, 3.63) is 0 Å². The van der Waals surface area contributed by atoms with E-state index in [0.29, 0.717) is 6.04 Å². The van der Waals surface area contributed by atoms with Gasteiger partial charge in [-0.15, -0.1) is 0 Å². The third-order valence-corrected chi connectivity index (χ3v) is 2.78. The predicted molar refractivity (Wildman–Crippen MR) is 42.4 cm³/mol. The van der Waals surface area contributed by atoms with Crippen LogP contribution in [0.2, 0.25) is 0 Å². The second-order valence-corrected chi connectivity index (χ2v) is 3.58. The lowest BCUT2D eigenvalue weighted by atomic mass is 10.1. The summed E-state index contributed by atoms with van der Waals surface area (Å²) >= 11 is 1.51. The molecule has 0 saturated carbocycles. The predicted octanol–water partition coefficient (Wildman–Crippen LogP) is 0.431. The van der Waals surface area contributed by atoms with Crippen LogP contribution in [0.25, 0.3) is 0 Å². The Morgan fingerprint density at radius 3 is 3.00 bits per heavy atom. The first-order valence-electron chi connectivity index (χ1n) is 3.34. The average molecular weight is 160 g/mol. The van der Waals surface area contributed by atoms with Gasteiger partial charge in [-0.05, 0) is 20.4 Å². The molecule has 0 spiro atoms. The van der Waals surface area contributed by atoms with Gasteiger partial charge in [-0.2, -0.15) is 0 Å². The third-order valence-electron chi connectivity index (χ3n) is 1.73. The minimum atomic E-state index is 0.0381. The molecule has 0 aromatic rings. The molecular weight excluding hydrogens is 148 g/mol. The Morgan fingerprint density at radius 2 is 2.50 bits per heavy atom. The van der Waals surface area contributed by atoms with Crippen LogP contribution in [0.1, 0.15) is 13.3 Å². The fourth-order valence-corrected chi connectivity index (χ4v) is 1.61. The summed E-state index contributed by atoms with van der Waals surface area (Å²) < 4.78 is 5.13. The second kappa shape index (κ2) is 3.37. The maximum absolute atomic E-state index is 10.3. The molecule has 0 amide bonds. The maximum Gasteiger partial charge on any atom is 0.137 e. The Balaban J connectivity index is 2.40. The average Bonchev–Trinajstić information content (AvgIpc) is 1.95. The zero-order valence-corrected chi connectivity index (χ0v) is 7.02. The highest BCUT2D eigenvalue weighted by Gasteiger charge is 2.22. The number of nitrogens with zero attached hydrogens (tertiary/aromatic N) is 1. The van der Waals surface area contributed by atoms with E-state index in [-0.39, 0.29) is 6.04 Å². The van der Waals surface area contributed by atoms with Crippen LogP contribution < -0.4 is 4.72 Å². The standard InChI is InChI=1S/C6H12N2OS/c1-5-3-6(4-9)7-10-8(5)2/h4-7H,3H2,1-2H3. The zero-order valence-electron chi connectivity index (χ0n) is 6.20. The summed E-state index contributed by atoms with van der Waals surface area (Å²) in [6, 6.07) is 0.526. The maximum atomic E-state index is 10.3. The molecule has 0 aromatic heterocycles. The molecule has 2 unspecified atom stereocenters. The number of hydrogen-bond donors (Lipinski definition) is 1. The van der Waals surface area contributed by atoms with Crippen LogP contribution in [0.15, 0.2) is 0 Å². The van der Waals surface area contributed by atoms with E-state index in [1.54, 1.807) is 0 Å². The molecule has 58 valence electrons. The van der Waals surface area contributed by atoms with E-state index in [0.717, 1.165) is 12.7 Å². The molecule has 0 aliphatic carbocycles. The highest BCUT2D eigenvalue weighted by molar-refractivity contribution is 7.95. The summed E-state index contributed by atoms with van der Waals surface area (Å²) in [4.78, 5) is 10.3. The van der Waals surface area contributed by atoms with E-state index in [1.165, 1.54) is 12.1 Å². The Bertz CT molecular complexity index is 131. The van der Waals surface area contributed by atoms with Gasteiger partial charge >= 0.3 is 0 Å². The number of rotatable bonds is 1. The normalized spacial score (nSPS) is 35.8. The minimum Gasteiger partial charge on any atom is -0.302 e. The smallest absolute Gasteiger partial charge is 0.137 e. The van der Waals surface area contributed by atoms with Gasteiger partial charge in [-0.3, -0.25) is 0 Å². The van der Waals surface area contributed by atoms with Gasteiger partial charge in [0.25, 0.3) is 0 Å². The van der Waals surface area contributed by atoms with Gasteiger partial charge in [0.1, 0.15) is 6.29 Å². The molecule has 1 heterocycles. The van der Waals surface area contributed by atoms with Crippen LogP contribution in [0.4, 0.5) is 0 Å². The van der Waals surface area contributed by atoms with E-state index in [1.807, 2.05) is 7.05 Å². The fourth-order valence-electron chi connectivity index (χ4n) is 0.888. The van der Waals surface area contributed by atoms with Crippen LogP contribution in [0.5, 0.6) is 0 Å². The van der Waals surface area contributed by atoms with Crippen molar-refractivity contribution in [2.75, 3.05) is 7.05 Å². The lowest BCUT2D eigenvalue weighted by Gasteiger charge is -2.31. The SMILES string of the molecule is CC1CC(C=O)NSN1C. The van der Waals surface area contributed by atoms with Crippen molar-refractivity contribution in [3.63, 3.8) is 0 Å². The molecule has 1 aliphatic heterocycles. The van der Waals surface area contributed by atoms with Crippen molar-refractivity contribution in [2.45, 2.75) is 25.4 Å². The molecule has 0 radical (unpaired) electrons. The highest BCUT2D eigenvalue weighted by Crippen LogP contribution is 2.18. The molecule has 1 fully saturated rings. The highest BCUT2D eigenvalue weighted by atomic mass is 32.2. The molecule has 10 heavy (non-hydrogen) atoms. The molecule has 1 rings (SSSR count). The number of aldehydes is 1. The summed E-state index contributed by atoms with van der Waals surface area (Å²) in [6.07, 6.45) is 1.88. The van der Waals surface area contributed by atoms with Crippen molar-refractivity contribution >= 4 is 18.4 Å². The summed E-state index contributed by atoms with van der Waals surface area (Å²) in [5, 5.41) is 0. The Hall–Kier alpha value is -0.0600. The summed E-state index contributed by atoms with van der Waals surface area (Å²) in [6.45, 7) is 2.12. The topological polar surface area (TPSA) is 32.3 Å². The fraction of sp³-hybridized carbons (Fsp3) is 0.833. The van der Waals surface area contributed by atoms with Crippen molar-refractivity contribution in [2.24, 2.45) is 0 Å². The lowest BCUT2D eigenvalue weighted by molar-refractivity contribution is -0.109. The molecule has 1 saturated heterocycles. The van der Waals surface area contributed by atoms with Gasteiger partial charge in [-0.25, -0.2) is 9.03 Å². The van der Waals surface area contributed by atoms with Crippen LogP contribution >= 0.6 is 12.1 Å². The van der Waals surface area contributed by atoms with Crippen molar-refractivity contribution in [1.29, 1.82) is 0 Å². The van der Waals surface area contributed by atoms with Crippen LogP contribution in [-0.4, -0.2) is 29.7 Å². The number of carbonyl (C=O) groups excluding carboxylic acids is 1. The van der Waals surface area contributed by atoms with Gasteiger partial charge < -0.3 is 4.79 Å². The lowest BCUT2D eigenvalue weighted by Crippen LogP contribution is -2.42. The second-order valence-electron chi connectivity index (χ2n) is 2.58. The van der Waals surface area contributed by atoms with Crippen molar-refractivity contribution < 1.29 is 4.79 Å². The van der Waals surface area contributed by atoms with E-state index in [9.17, 15) is 4.79 Å². The molecule has 1 aliphatic rings. The summed E-state index contributed by atoms with van der Waals surface area (Å²) in [5.74, 6) is 0. The van der Waals surface area contributed by atoms with Crippen LogP contribution in [0, 0.1) is 0 Å². The number of nitrogens with one attached hydrogen (secondary N) is 1. The summed E-state index contributed by atoms with van der Waals surface area (Å²) in [7, 11) is 2.02. The first-order chi connectivity index (χ1) is 4.74. The Morgan fingerprint density at radius 1 is 1.80 bits per heavy atom.